The van der Waals surface area contributed by atoms with Crippen LogP contribution in [0.1, 0.15) is 48.4 Å². The number of piperidine rings is 1. The molecule has 6 heteroatoms. The van der Waals surface area contributed by atoms with Crippen molar-refractivity contribution in [1.29, 1.82) is 0 Å². The van der Waals surface area contributed by atoms with Crippen molar-refractivity contribution in [3.05, 3.63) is 77.1 Å². The first kappa shape index (κ1) is 16.2. The first-order valence-corrected chi connectivity index (χ1v) is 8.97. The third-order valence-corrected chi connectivity index (χ3v) is 4.89. The Labute approximate surface area is 152 Å². The molecule has 0 bridgehead atoms. The molecule has 2 unspecified atom stereocenters. The van der Waals surface area contributed by atoms with Gasteiger partial charge in [-0.05, 0) is 49.6 Å². The molecule has 4 heterocycles. The molecule has 0 amide bonds. The highest BCUT2D eigenvalue weighted by atomic mass is 35.5. The van der Waals surface area contributed by atoms with Gasteiger partial charge in [0.05, 0.1) is 40.7 Å². The number of hydrogen-bond acceptors (Lipinski definition) is 4. The van der Waals surface area contributed by atoms with Gasteiger partial charge in [-0.15, -0.1) is 0 Å². The standard InChI is InChI=1S/C19H20ClN5/c20-15-6-3-10-21-19(15)18-9-2-8-17(24-18)16-7-1-5-14(23-16)13-25-12-4-11-22-25/h1,3-7,10-12,17-18,24H,2,8-9,13H2. The van der Waals surface area contributed by atoms with Crippen molar-refractivity contribution >= 4 is 11.6 Å². The summed E-state index contributed by atoms with van der Waals surface area (Å²) in [5.41, 5.74) is 3.02. The van der Waals surface area contributed by atoms with E-state index in [4.69, 9.17) is 16.6 Å². The fourth-order valence-corrected chi connectivity index (χ4v) is 3.63. The van der Waals surface area contributed by atoms with Crippen LogP contribution in [-0.4, -0.2) is 19.7 Å². The van der Waals surface area contributed by atoms with E-state index in [1.165, 1.54) is 0 Å². The molecule has 1 saturated heterocycles. The van der Waals surface area contributed by atoms with E-state index in [1.54, 1.807) is 12.4 Å². The molecule has 0 radical (unpaired) electrons. The zero-order valence-corrected chi connectivity index (χ0v) is 14.6. The molecule has 1 aliphatic heterocycles. The van der Waals surface area contributed by atoms with E-state index in [0.717, 1.165) is 41.4 Å². The lowest BCUT2D eigenvalue weighted by molar-refractivity contribution is 0.321. The van der Waals surface area contributed by atoms with Gasteiger partial charge in [0.25, 0.3) is 0 Å². The van der Waals surface area contributed by atoms with Crippen molar-refractivity contribution < 1.29 is 0 Å². The van der Waals surface area contributed by atoms with E-state index in [2.05, 4.69) is 27.5 Å². The Bertz CT molecular complexity index is 833. The number of aromatic nitrogens is 4. The van der Waals surface area contributed by atoms with Crippen LogP contribution in [0.15, 0.2) is 55.0 Å². The number of nitrogens with one attached hydrogen (secondary N) is 1. The van der Waals surface area contributed by atoms with Crippen LogP contribution in [0.5, 0.6) is 0 Å². The molecule has 128 valence electrons. The number of hydrogen-bond donors (Lipinski definition) is 1. The van der Waals surface area contributed by atoms with E-state index >= 15 is 0 Å². The molecule has 1 fully saturated rings. The van der Waals surface area contributed by atoms with Crippen molar-refractivity contribution in [3.63, 3.8) is 0 Å². The van der Waals surface area contributed by atoms with Crippen LogP contribution >= 0.6 is 11.6 Å². The molecule has 25 heavy (non-hydrogen) atoms. The maximum absolute atomic E-state index is 6.33. The summed E-state index contributed by atoms with van der Waals surface area (Å²) in [4.78, 5) is 9.32. The van der Waals surface area contributed by atoms with Gasteiger partial charge in [0.2, 0.25) is 0 Å². The van der Waals surface area contributed by atoms with Gasteiger partial charge in [0.15, 0.2) is 0 Å². The average Bonchev–Trinajstić information content (AvgIpc) is 3.15. The van der Waals surface area contributed by atoms with E-state index < -0.39 is 0 Å². The minimum Gasteiger partial charge on any atom is -0.300 e. The summed E-state index contributed by atoms with van der Waals surface area (Å²) in [6.45, 7) is 0.684. The Morgan fingerprint density at radius 1 is 1.08 bits per heavy atom. The SMILES string of the molecule is Clc1cccnc1C1CCCC(c2cccc(Cn3cccn3)n2)N1. The predicted molar refractivity (Wildman–Crippen MR) is 97.3 cm³/mol. The molecule has 0 aliphatic carbocycles. The Kier molecular flexibility index (Phi) is 4.76. The molecular formula is C19H20ClN5. The smallest absolute Gasteiger partial charge is 0.0831 e. The van der Waals surface area contributed by atoms with Crippen molar-refractivity contribution in [2.45, 2.75) is 37.9 Å². The summed E-state index contributed by atoms with van der Waals surface area (Å²) in [6, 6.07) is 12.3. The zero-order valence-electron chi connectivity index (χ0n) is 13.8. The van der Waals surface area contributed by atoms with Crippen LogP contribution in [0.25, 0.3) is 0 Å². The van der Waals surface area contributed by atoms with Crippen LogP contribution in [0, 0.1) is 0 Å². The van der Waals surface area contributed by atoms with Crippen molar-refractivity contribution in [2.24, 2.45) is 0 Å². The van der Waals surface area contributed by atoms with Crippen LogP contribution in [0.2, 0.25) is 5.02 Å². The van der Waals surface area contributed by atoms with Gasteiger partial charge in [0.1, 0.15) is 0 Å². The van der Waals surface area contributed by atoms with Gasteiger partial charge < -0.3 is 5.32 Å². The molecule has 3 aromatic heterocycles. The fraction of sp³-hybridized carbons (Fsp3) is 0.316. The summed E-state index contributed by atoms with van der Waals surface area (Å²) in [6.07, 6.45) is 8.77. The van der Waals surface area contributed by atoms with E-state index in [-0.39, 0.29) is 12.1 Å². The summed E-state index contributed by atoms with van der Waals surface area (Å²) in [7, 11) is 0. The normalized spacial score (nSPS) is 20.5. The molecular weight excluding hydrogens is 334 g/mol. The molecule has 1 N–H and O–H groups in total. The summed E-state index contributed by atoms with van der Waals surface area (Å²) >= 11 is 6.33. The second-order valence-corrected chi connectivity index (χ2v) is 6.74. The number of rotatable bonds is 4. The molecule has 0 aromatic carbocycles. The lowest BCUT2D eigenvalue weighted by Gasteiger charge is -2.31. The van der Waals surface area contributed by atoms with Gasteiger partial charge in [-0.1, -0.05) is 17.7 Å². The highest BCUT2D eigenvalue weighted by Crippen LogP contribution is 2.33. The summed E-state index contributed by atoms with van der Waals surface area (Å²) in [5.74, 6) is 0. The molecule has 0 saturated carbocycles. The maximum Gasteiger partial charge on any atom is 0.0831 e. The van der Waals surface area contributed by atoms with Crippen LogP contribution in [0.3, 0.4) is 0 Å². The third kappa shape index (κ3) is 3.72. The van der Waals surface area contributed by atoms with Crippen molar-refractivity contribution in [3.8, 4) is 0 Å². The fourth-order valence-electron chi connectivity index (χ4n) is 3.38. The van der Waals surface area contributed by atoms with Crippen LogP contribution in [0.4, 0.5) is 0 Å². The van der Waals surface area contributed by atoms with E-state index in [9.17, 15) is 0 Å². The topological polar surface area (TPSA) is 55.6 Å². The molecule has 0 spiro atoms. The third-order valence-electron chi connectivity index (χ3n) is 4.57. The Hall–Kier alpha value is -2.24. The minimum atomic E-state index is 0.170. The molecule has 2 atom stereocenters. The number of nitrogens with zero attached hydrogens (tertiary/aromatic N) is 4. The van der Waals surface area contributed by atoms with Gasteiger partial charge >= 0.3 is 0 Å². The zero-order chi connectivity index (χ0) is 17.1. The molecule has 5 nitrogen and oxygen atoms in total. The second-order valence-electron chi connectivity index (χ2n) is 6.33. The number of pyridine rings is 2. The highest BCUT2D eigenvalue weighted by Gasteiger charge is 2.26. The largest absolute Gasteiger partial charge is 0.300 e. The second kappa shape index (κ2) is 7.33. The molecule has 3 aromatic rings. The quantitative estimate of drug-likeness (QED) is 0.772. The molecule has 1 aliphatic rings. The monoisotopic (exact) mass is 353 g/mol. The highest BCUT2D eigenvalue weighted by molar-refractivity contribution is 6.31. The van der Waals surface area contributed by atoms with Gasteiger partial charge in [-0.2, -0.15) is 5.10 Å². The van der Waals surface area contributed by atoms with Gasteiger partial charge in [-0.25, -0.2) is 0 Å². The Morgan fingerprint density at radius 2 is 2.00 bits per heavy atom. The maximum atomic E-state index is 6.33. The summed E-state index contributed by atoms with van der Waals surface area (Å²) in [5, 5.41) is 8.66. The summed E-state index contributed by atoms with van der Waals surface area (Å²) < 4.78 is 1.89. The van der Waals surface area contributed by atoms with Crippen LogP contribution < -0.4 is 5.32 Å². The lowest BCUT2D eigenvalue weighted by Crippen LogP contribution is -2.32. The van der Waals surface area contributed by atoms with Crippen molar-refractivity contribution in [1.82, 2.24) is 25.1 Å². The van der Waals surface area contributed by atoms with Gasteiger partial charge in [-0.3, -0.25) is 14.6 Å². The average molecular weight is 354 g/mol. The number of halogens is 1. The first-order chi connectivity index (χ1) is 12.3. The van der Waals surface area contributed by atoms with Gasteiger partial charge in [0, 0.05) is 18.6 Å². The first-order valence-electron chi connectivity index (χ1n) is 8.59. The van der Waals surface area contributed by atoms with Crippen molar-refractivity contribution in [2.75, 3.05) is 0 Å². The molecule has 4 rings (SSSR count). The van der Waals surface area contributed by atoms with Crippen LogP contribution in [-0.2, 0) is 6.54 Å². The Morgan fingerprint density at radius 3 is 2.84 bits per heavy atom. The van der Waals surface area contributed by atoms with E-state index in [1.807, 2.05) is 35.1 Å². The van der Waals surface area contributed by atoms with E-state index in [0.29, 0.717) is 6.54 Å². The Balaban J connectivity index is 1.52. The predicted octanol–water partition coefficient (Wildman–Crippen LogP) is 3.93. The minimum absolute atomic E-state index is 0.170. The lowest BCUT2D eigenvalue weighted by atomic mass is 9.94.